The van der Waals surface area contributed by atoms with Crippen LogP contribution in [-0.2, 0) is 4.79 Å². The normalized spacial score (nSPS) is 19.0. The van der Waals surface area contributed by atoms with Gasteiger partial charge in [-0.25, -0.2) is 9.79 Å². The van der Waals surface area contributed by atoms with Crippen LogP contribution in [0.4, 0.5) is 0 Å². The molecule has 0 aromatic rings. The molecule has 0 amide bonds. The molecule has 2 aliphatic rings. The van der Waals surface area contributed by atoms with E-state index >= 15 is 0 Å². The quantitative estimate of drug-likeness (QED) is 0.713. The SMILES string of the molecule is O=C(O)C1=CN=C2SC=CC=C2C=C1. The van der Waals surface area contributed by atoms with Crippen molar-refractivity contribution in [3.05, 3.63) is 47.1 Å². The maximum Gasteiger partial charge on any atom is 0.337 e. The van der Waals surface area contributed by atoms with Gasteiger partial charge in [0, 0.05) is 11.8 Å². The fraction of sp³-hybridized carbons (Fsp3) is 0. The van der Waals surface area contributed by atoms with Gasteiger partial charge in [0.2, 0.25) is 0 Å². The second kappa shape index (κ2) is 3.67. The zero-order valence-corrected chi connectivity index (χ0v) is 7.99. The first-order chi connectivity index (χ1) is 6.77. The van der Waals surface area contributed by atoms with Gasteiger partial charge in [-0.05, 0) is 11.5 Å². The van der Waals surface area contributed by atoms with Crippen molar-refractivity contribution < 1.29 is 9.90 Å². The van der Waals surface area contributed by atoms with Crippen LogP contribution in [0.2, 0.25) is 0 Å². The van der Waals surface area contributed by atoms with Crippen LogP contribution in [0, 0.1) is 0 Å². The van der Waals surface area contributed by atoms with Crippen molar-refractivity contribution in [2.45, 2.75) is 0 Å². The highest BCUT2D eigenvalue weighted by atomic mass is 32.2. The highest BCUT2D eigenvalue weighted by Crippen LogP contribution is 2.23. The van der Waals surface area contributed by atoms with Crippen LogP contribution < -0.4 is 0 Å². The zero-order valence-electron chi connectivity index (χ0n) is 7.18. The minimum atomic E-state index is -0.956. The number of allylic oxidation sites excluding steroid dienone is 3. The Balaban J connectivity index is 2.39. The van der Waals surface area contributed by atoms with E-state index in [1.165, 1.54) is 18.0 Å². The molecule has 0 aromatic heterocycles. The molecule has 1 N–H and O–H groups in total. The molecule has 0 aliphatic carbocycles. The molecule has 0 saturated carbocycles. The standard InChI is InChI=1S/C10H7NO2S/c12-10(13)8-4-3-7-2-1-5-14-9(7)11-6-8/h1-6H,(H,12,13). The highest BCUT2D eigenvalue weighted by Gasteiger charge is 2.11. The van der Waals surface area contributed by atoms with Gasteiger partial charge >= 0.3 is 5.97 Å². The number of nitrogens with zero attached hydrogens (tertiary/aromatic N) is 1. The van der Waals surface area contributed by atoms with Crippen molar-refractivity contribution in [2.24, 2.45) is 4.99 Å². The van der Waals surface area contributed by atoms with Gasteiger partial charge < -0.3 is 5.11 Å². The summed E-state index contributed by atoms with van der Waals surface area (Å²) < 4.78 is 0. The summed E-state index contributed by atoms with van der Waals surface area (Å²) in [5.41, 5.74) is 1.15. The summed E-state index contributed by atoms with van der Waals surface area (Å²) in [5, 5.41) is 11.5. The van der Waals surface area contributed by atoms with E-state index in [0.29, 0.717) is 0 Å². The van der Waals surface area contributed by atoms with Crippen LogP contribution in [0.5, 0.6) is 0 Å². The minimum Gasteiger partial charge on any atom is -0.478 e. The molecule has 70 valence electrons. The predicted octanol–water partition coefficient (Wildman–Crippen LogP) is 2.11. The van der Waals surface area contributed by atoms with Crippen LogP contribution in [0.3, 0.4) is 0 Å². The number of carbonyl (C=O) groups is 1. The van der Waals surface area contributed by atoms with Crippen LogP contribution in [-0.4, -0.2) is 16.1 Å². The molecule has 2 heterocycles. The number of fused-ring (bicyclic) bond motifs is 1. The lowest BCUT2D eigenvalue weighted by Crippen LogP contribution is -1.96. The first-order valence-corrected chi connectivity index (χ1v) is 4.88. The molecule has 2 aliphatic heterocycles. The topological polar surface area (TPSA) is 49.7 Å². The lowest BCUT2D eigenvalue weighted by Gasteiger charge is -2.04. The summed E-state index contributed by atoms with van der Waals surface area (Å²) in [4.78, 5) is 14.8. The molecule has 0 saturated heterocycles. The minimum absolute atomic E-state index is 0.202. The fourth-order valence-electron chi connectivity index (χ4n) is 1.10. The Bertz CT molecular complexity index is 427. The van der Waals surface area contributed by atoms with Crippen LogP contribution >= 0.6 is 11.8 Å². The summed E-state index contributed by atoms with van der Waals surface area (Å²) >= 11 is 1.49. The van der Waals surface area contributed by atoms with Crippen molar-refractivity contribution in [2.75, 3.05) is 0 Å². The number of aliphatic imine (C=N–C) groups is 1. The summed E-state index contributed by atoms with van der Waals surface area (Å²) in [5.74, 6) is -0.956. The molecular weight excluding hydrogens is 198 g/mol. The van der Waals surface area contributed by atoms with Crippen molar-refractivity contribution in [1.82, 2.24) is 0 Å². The van der Waals surface area contributed by atoms with Gasteiger partial charge in [0.05, 0.1) is 5.57 Å². The predicted molar refractivity (Wildman–Crippen MR) is 57.1 cm³/mol. The van der Waals surface area contributed by atoms with E-state index in [2.05, 4.69) is 4.99 Å². The molecule has 0 aromatic carbocycles. The molecule has 0 radical (unpaired) electrons. The highest BCUT2D eigenvalue weighted by molar-refractivity contribution is 8.17. The summed E-state index contributed by atoms with van der Waals surface area (Å²) in [6, 6.07) is 0. The molecule has 2 rings (SSSR count). The van der Waals surface area contributed by atoms with Crippen molar-refractivity contribution >= 4 is 22.8 Å². The van der Waals surface area contributed by atoms with Gasteiger partial charge in [0.25, 0.3) is 0 Å². The molecule has 3 nitrogen and oxygen atoms in total. The molecule has 14 heavy (non-hydrogen) atoms. The average molecular weight is 205 g/mol. The molecule has 4 heteroatoms. The van der Waals surface area contributed by atoms with Gasteiger partial charge in [0.15, 0.2) is 0 Å². The maximum atomic E-state index is 10.7. The number of aliphatic carboxylic acids is 1. The van der Waals surface area contributed by atoms with E-state index in [-0.39, 0.29) is 5.57 Å². The molecule has 0 spiro atoms. The number of rotatable bonds is 1. The lowest BCUT2D eigenvalue weighted by atomic mass is 10.2. The summed E-state index contributed by atoms with van der Waals surface area (Å²) in [7, 11) is 0. The van der Waals surface area contributed by atoms with Gasteiger partial charge in [-0.15, -0.1) is 0 Å². The first kappa shape index (κ1) is 9.02. The summed E-state index contributed by atoms with van der Waals surface area (Å²) in [6.07, 6.45) is 8.52. The number of hydrogen-bond acceptors (Lipinski definition) is 3. The largest absolute Gasteiger partial charge is 0.478 e. The van der Waals surface area contributed by atoms with E-state index in [9.17, 15) is 4.79 Å². The van der Waals surface area contributed by atoms with E-state index < -0.39 is 5.97 Å². The number of hydrogen-bond donors (Lipinski definition) is 1. The third-order valence-electron chi connectivity index (χ3n) is 1.79. The average Bonchev–Trinajstić information content (AvgIpc) is 2.39. The Hall–Kier alpha value is -1.55. The third-order valence-corrected chi connectivity index (χ3v) is 2.65. The van der Waals surface area contributed by atoms with Crippen LogP contribution in [0.1, 0.15) is 0 Å². The second-order valence-corrected chi connectivity index (χ2v) is 3.62. The monoisotopic (exact) mass is 205 g/mol. The Morgan fingerprint density at radius 1 is 1.43 bits per heavy atom. The van der Waals surface area contributed by atoms with Gasteiger partial charge in [-0.2, -0.15) is 0 Å². The fourth-order valence-corrected chi connectivity index (χ4v) is 1.77. The maximum absolute atomic E-state index is 10.7. The first-order valence-electron chi connectivity index (χ1n) is 4.00. The van der Waals surface area contributed by atoms with E-state index in [0.717, 1.165) is 10.6 Å². The molecule has 0 unspecified atom stereocenters. The van der Waals surface area contributed by atoms with Crippen LogP contribution in [0.25, 0.3) is 0 Å². The third kappa shape index (κ3) is 1.70. The molecule has 0 bridgehead atoms. The van der Waals surface area contributed by atoms with Crippen molar-refractivity contribution in [3.8, 4) is 0 Å². The number of carboxylic acids is 1. The van der Waals surface area contributed by atoms with E-state index in [1.807, 2.05) is 17.6 Å². The second-order valence-electron chi connectivity index (χ2n) is 2.73. The zero-order chi connectivity index (χ0) is 9.97. The Morgan fingerprint density at radius 3 is 3.07 bits per heavy atom. The Kier molecular flexibility index (Phi) is 2.37. The summed E-state index contributed by atoms with van der Waals surface area (Å²) in [6.45, 7) is 0. The van der Waals surface area contributed by atoms with Gasteiger partial charge in [-0.1, -0.05) is 30.0 Å². The van der Waals surface area contributed by atoms with Gasteiger partial charge in [-0.3, -0.25) is 0 Å². The number of carboxylic acid groups (broad SMARTS) is 1. The molecule has 0 fully saturated rings. The lowest BCUT2D eigenvalue weighted by molar-refractivity contribution is -0.132. The van der Waals surface area contributed by atoms with E-state index in [1.54, 1.807) is 12.2 Å². The van der Waals surface area contributed by atoms with E-state index in [4.69, 9.17) is 5.11 Å². The molecular formula is C10H7NO2S. The van der Waals surface area contributed by atoms with Crippen molar-refractivity contribution in [3.63, 3.8) is 0 Å². The van der Waals surface area contributed by atoms with Gasteiger partial charge in [0.1, 0.15) is 5.04 Å². The number of thioether (sulfide) groups is 1. The molecule has 0 atom stereocenters. The van der Waals surface area contributed by atoms with Crippen LogP contribution in [0.15, 0.2) is 52.1 Å². The van der Waals surface area contributed by atoms with Crippen molar-refractivity contribution in [1.29, 1.82) is 0 Å². The Morgan fingerprint density at radius 2 is 2.29 bits per heavy atom. The Labute approximate surface area is 85.2 Å². The smallest absolute Gasteiger partial charge is 0.337 e.